The molecule has 2 heterocycles. The van der Waals surface area contributed by atoms with Crippen LogP contribution >= 0.6 is 21.6 Å². The van der Waals surface area contributed by atoms with Gasteiger partial charge in [0.15, 0.2) is 17.0 Å². The highest BCUT2D eigenvalue weighted by Crippen LogP contribution is 2.23. The van der Waals surface area contributed by atoms with Crippen molar-refractivity contribution in [3.8, 4) is 0 Å². The number of nitrogens with one attached hydrogen (secondary N) is 11. The monoisotopic (exact) mass is 1250 g/mol. The Morgan fingerprint density at radius 1 is 0.767 bits per heavy atom. The van der Waals surface area contributed by atoms with Crippen molar-refractivity contribution in [2.75, 3.05) is 48.9 Å². The maximum atomic E-state index is 13.9. The molecule has 37 heteroatoms. The Bertz CT molecular complexity index is 2950. The van der Waals surface area contributed by atoms with E-state index in [2.05, 4.69) is 79.9 Å². The Labute approximate surface area is 496 Å². The third-order valence-corrected chi connectivity index (χ3v) is 13.5. The van der Waals surface area contributed by atoms with Crippen molar-refractivity contribution in [1.82, 2.24) is 68.0 Å². The Kier molecular flexibility index (Phi) is 29.8. The standard InChI is InChI=1S/C49H68N16O19S2/c1-25(64-65-49(2,3)4)84-14-15-85-86-22-28(16-36(69)70)56-42(75)32(17-37(71)72)60-44(77)34(21-83-24-67)61-41(74)30(6-5-13-52-48(51)81)58-43(76)33(20-82-23-66)57-35(68)12-11-31(46(79)80)59-40(73)26-7-9-27(10-8-26)53-18-29-19-54-39-38(55-29)45(78)63-47(50)62-39/h7-10,19,23-24,28,30-34,53,64-65H,1,5-6,11-18,20-22H2,2-4H3,(H,56,75)(H,57,68)(H,58,76)(H,59,73)(H,60,77)(H,61,74)(H,69,70)(H,71,72)(H,79,80)(H3,51,52,81)(H3,50,54,62,63,78). The molecule has 0 fully saturated rings. The summed E-state index contributed by atoms with van der Waals surface area (Å²) >= 11 is 0. The van der Waals surface area contributed by atoms with E-state index >= 15 is 0 Å². The van der Waals surface area contributed by atoms with Crippen LogP contribution in [0.4, 0.5) is 16.4 Å². The van der Waals surface area contributed by atoms with Crippen molar-refractivity contribution in [1.29, 1.82) is 0 Å². The lowest BCUT2D eigenvalue weighted by Gasteiger charge is -2.26. The molecule has 35 nitrogen and oxygen atoms in total. The van der Waals surface area contributed by atoms with E-state index in [-0.39, 0.29) is 85.3 Å². The maximum Gasteiger partial charge on any atom is 0.326 e. The molecule has 470 valence electrons. The van der Waals surface area contributed by atoms with Crippen LogP contribution in [-0.4, -0.2) is 187 Å². The fourth-order valence-corrected chi connectivity index (χ4v) is 9.07. The maximum absolute atomic E-state index is 13.9. The van der Waals surface area contributed by atoms with Crippen molar-refractivity contribution in [2.45, 2.75) is 108 Å². The summed E-state index contributed by atoms with van der Waals surface area (Å²) in [7, 11) is 2.41. The van der Waals surface area contributed by atoms with Gasteiger partial charge in [0.05, 0.1) is 37.9 Å². The zero-order chi connectivity index (χ0) is 63.9. The first-order chi connectivity index (χ1) is 40.7. The number of H-pyrrole nitrogens is 1. The molecule has 3 rings (SSSR count). The highest BCUT2D eigenvalue weighted by atomic mass is 33.1. The number of rotatable bonds is 41. The van der Waals surface area contributed by atoms with E-state index in [0.29, 0.717) is 17.1 Å². The van der Waals surface area contributed by atoms with Crippen LogP contribution in [0.3, 0.4) is 0 Å². The lowest BCUT2D eigenvalue weighted by Crippen LogP contribution is -2.60. The number of benzene rings is 1. The third kappa shape index (κ3) is 27.3. The number of aliphatic carboxylic acids is 3. The summed E-state index contributed by atoms with van der Waals surface area (Å²) in [6.07, 6.45) is -1.99. The van der Waals surface area contributed by atoms with Gasteiger partial charge in [0, 0.05) is 47.3 Å². The molecule has 86 heavy (non-hydrogen) atoms. The van der Waals surface area contributed by atoms with E-state index in [1.54, 1.807) is 0 Å². The van der Waals surface area contributed by atoms with Crippen molar-refractivity contribution in [3.05, 3.63) is 64.5 Å². The Morgan fingerprint density at radius 3 is 1.98 bits per heavy atom. The molecule has 0 saturated carbocycles. The molecule has 8 amide bonds. The second-order valence-electron chi connectivity index (χ2n) is 19.2. The fraction of sp³-hybridized carbons (Fsp3) is 0.469. The summed E-state index contributed by atoms with van der Waals surface area (Å²) in [5, 5.41) is 48.1. The first kappa shape index (κ1) is 70.7. The number of carbonyl (C=O) groups is 12. The highest BCUT2D eigenvalue weighted by molar-refractivity contribution is 8.76. The summed E-state index contributed by atoms with van der Waals surface area (Å²) in [5.41, 5.74) is 16.5. The van der Waals surface area contributed by atoms with Crippen molar-refractivity contribution in [3.63, 3.8) is 0 Å². The number of carbonyl (C=O) groups excluding carboxylic acids is 9. The predicted octanol–water partition coefficient (Wildman–Crippen LogP) is -3.20. The van der Waals surface area contributed by atoms with Gasteiger partial charge in [-0.3, -0.25) is 63.1 Å². The number of nitrogens with two attached hydrogens (primary N) is 2. The van der Waals surface area contributed by atoms with Crippen LogP contribution in [-0.2, 0) is 68.7 Å². The number of carboxylic acid groups (broad SMARTS) is 3. The average Bonchev–Trinajstić information content (AvgIpc) is 2.58. The summed E-state index contributed by atoms with van der Waals surface area (Å²) in [6.45, 7) is 7.58. The van der Waals surface area contributed by atoms with Gasteiger partial charge in [-0.1, -0.05) is 21.6 Å². The summed E-state index contributed by atoms with van der Waals surface area (Å²) in [4.78, 5) is 178. The lowest BCUT2D eigenvalue weighted by molar-refractivity contribution is -0.142. The highest BCUT2D eigenvalue weighted by Gasteiger charge is 2.34. The first-order valence-corrected chi connectivity index (χ1v) is 28.2. The van der Waals surface area contributed by atoms with Gasteiger partial charge in [-0.05, 0) is 70.9 Å². The quantitative estimate of drug-likeness (QED) is 0.00875. The second-order valence-corrected chi connectivity index (χ2v) is 21.8. The minimum atomic E-state index is -1.93. The molecule has 6 atom stereocenters. The molecule has 0 aliphatic carbocycles. The normalized spacial score (nSPS) is 13.0. The van der Waals surface area contributed by atoms with Crippen LogP contribution < -0.4 is 70.4 Å². The van der Waals surface area contributed by atoms with E-state index in [1.807, 2.05) is 20.8 Å². The molecule has 0 radical (unpaired) electrons. The molecule has 0 aliphatic heterocycles. The zero-order valence-corrected chi connectivity index (χ0v) is 48.2. The number of urea groups is 1. The van der Waals surface area contributed by atoms with E-state index < -0.39 is 140 Å². The third-order valence-electron chi connectivity index (χ3n) is 11.1. The van der Waals surface area contributed by atoms with Gasteiger partial charge in [-0.15, -0.1) is 0 Å². The number of aromatic amines is 1. The minimum absolute atomic E-state index is 0.0141. The molecule has 1 aromatic carbocycles. The van der Waals surface area contributed by atoms with Crippen LogP contribution in [0.25, 0.3) is 11.2 Å². The van der Waals surface area contributed by atoms with E-state index in [9.17, 15) is 77.6 Å². The SMILES string of the molecule is C=C(NNC(C)(C)C)OCCSSCC(CC(=O)O)NC(=O)C(CC(=O)O)NC(=O)C(COC=O)NC(=O)C(CCCNC(N)=O)NC(=O)C(COC=O)NC(=O)CCC(NC(=O)c1ccc(NCc2cnc3nc(N)[nH]c(=O)c3n2)cc1)C(=O)O. The molecule has 0 aliphatic rings. The van der Waals surface area contributed by atoms with E-state index in [4.69, 9.17) is 25.7 Å². The van der Waals surface area contributed by atoms with Gasteiger partial charge in [-0.2, -0.15) is 4.98 Å². The first-order valence-electron chi connectivity index (χ1n) is 25.7. The molecular weight excluding hydrogens is 1180 g/mol. The number of primary amides is 1. The van der Waals surface area contributed by atoms with Gasteiger partial charge in [0.25, 0.3) is 24.4 Å². The number of nitrogen functional groups attached to an aromatic ring is 1. The minimum Gasteiger partial charge on any atom is -0.481 e. The number of amides is 8. The molecule has 18 N–H and O–H groups in total. The van der Waals surface area contributed by atoms with Gasteiger partial charge < -0.3 is 83.5 Å². The van der Waals surface area contributed by atoms with Crippen LogP contribution in [0, 0.1) is 0 Å². The molecular formula is C49H68N16O19S2. The summed E-state index contributed by atoms with van der Waals surface area (Å²) < 4.78 is 14.9. The summed E-state index contributed by atoms with van der Waals surface area (Å²) in [5.74, 6) is -10.7. The zero-order valence-electron chi connectivity index (χ0n) is 46.6. The van der Waals surface area contributed by atoms with Crippen LogP contribution in [0.1, 0.15) is 75.3 Å². The molecule has 3 aromatic rings. The van der Waals surface area contributed by atoms with Gasteiger partial charge in [0.2, 0.25) is 35.5 Å². The molecule has 0 saturated heterocycles. The predicted molar refractivity (Wildman–Crippen MR) is 305 cm³/mol. The van der Waals surface area contributed by atoms with E-state index in [1.165, 1.54) is 41.3 Å². The van der Waals surface area contributed by atoms with Gasteiger partial charge in [0.1, 0.15) is 43.4 Å². The van der Waals surface area contributed by atoms with Crippen molar-refractivity contribution >= 4 is 117 Å². The number of hydrazine groups is 1. The smallest absolute Gasteiger partial charge is 0.326 e. The topological polar surface area (TPSA) is 537 Å². The second kappa shape index (κ2) is 36.2. The molecule has 6 unspecified atom stereocenters. The largest absolute Gasteiger partial charge is 0.481 e. The van der Waals surface area contributed by atoms with Crippen molar-refractivity contribution in [2.24, 2.45) is 5.73 Å². The van der Waals surface area contributed by atoms with Crippen LogP contribution in [0.5, 0.6) is 0 Å². The van der Waals surface area contributed by atoms with Crippen LogP contribution in [0.15, 0.2) is 47.7 Å². The Hall–Kier alpha value is -9.52. The number of nitrogens with zero attached hydrogens (tertiary/aromatic N) is 3. The number of hydrogen-bond donors (Lipinski definition) is 16. The van der Waals surface area contributed by atoms with Gasteiger partial charge in [-0.25, -0.2) is 25.0 Å². The lowest BCUT2D eigenvalue weighted by atomic mass is 10.1. The molecule has 0 bridgehead atoms. The number of carboxylic acids is 3. The van der Waals surface area contributed by atoms with Crippen LogP contribution in [0.2, 0.25) is 0 Å². The Balaban J connectivity index is 1.69. The fourth-order valence-electron chi connectivity index (χ4n) is 7.00. The summed E-state index contributed by atoms with van der Waals surface area (Å²) in [6, 6.07) is -5.36. The molecule has 0 spiro atoms. The van der Waals surface area contributed by atoms with E-state index in [0.717, 1.165) is 10.8 Å². The number of aromatic nitrogens is 4. The Morgan fingerprint density at radius 2 is 1.37 bits per heavy atom. The number of anilines is 2. The number of hydrogen-bond acceptors (Lipinski definition) is 25. The molecule has 2 aromatic heterocycles. The average molecular weight is 1250 g/mol. The number of fused-ring (bicyclic) bond motifs is 1. The number of ether oxygens (including phenoxy) is 3. The van der Waals surface area contributed by atoms with Gasteiger partial charge >= 0.3 is 23.9 Å². The van der Waals surface area contributed by atoms with Crippen molar-refractivity contribution < 1.29 is 87.1 Å².